The van der Waals surface area contributed by atoms with Crippen LogP contribution >= 0.6 is 7.82 Å². The average molecular weight is 804 g/mol. The number of carbonyl (C=O) groups excluding carboxylic acids is 2. The predicted octanol–water partition coefficient (Wildman–Crippen LogP) is 10.8. The van der Waals surface area contributed by atoms with Crippen LogP contribution in [0.5, 0.6) is 0 Å². The molecule has 0 spiro atoms. The summed E-state index contributed by atoms with van der Waals surface area (Å²) in [5, 5.41) is 10.2. The van der Waals surface area contributed by atoms with Gasteiger partial charge in [-0.3, -0.25) is 18.6 Å². The number of esters is 2. The number of phosphoric ester groups is 1. The third kappa shape index (κ3) is 39.1. The second kappa shape index (κ2) is 40.1. The minimum atomic E-state index is -4.43. The van der Waals surface area contributed by atoms with Crippen LogP contribution in [0.4, 0.5) is 0 Å². The van der Waals surface area contributed by atoms with E-state index in [1.165, 1.54) is 19.3 Å². The lowest BCUT2D eigenvalue weighted by atomic mass is 10.1. The molecule has 56 heavy (non-hydrogen) atoms. The molecule has 0 aliphatic carbocycles. The number of allylic oxidation sites excluding steroid dienone is 15. The first-order valence-electron chi connectivity index (χ1n) is 20.8. The van der Waals surface area contributed by atoms with Crippen molar-refractivity contribution in [2.75, 3.05) is 26.4 Å². The Bertz CT molecular complexity index is 1250. The smallest absolute Gasteiger partial charge is 0.462 e. The Morgan fingerprint density at radius 1 is 0.643 bits per heavy atom. The topological polar surface area (TPSA) is 155 Å². The van der Waals surface area contributed by atoms with Crippen molar-refractivity contribution < 1.29 is 42.7 Å². The summed E-state index contributed by atoms with van der Waals surface area (Å²) in [7, 11) is -4.43. The number of rotatable bonds is 37. The van der Waals surface area contributed by atoms with Gasteiger partial charge in [-0.1, -0.05) is 137 Å². The highest BCUT2D eigenvalue weighted by Gasteiger charge is 2.26. The van der Waals surface area contributed by atoms with Crippen molar-refractivity contribution in [1.29, 1.82) is 0 Å². The minimum absolute atomic E-state index is 0.0177. The van der Waals surface area contributed by atoms with Crippen molar-refractivity contribution in [2.24, 2.45) is 5.73 Å². The molecule has 0 saturated heterocycles. The molecule has 0 aliphatic rings. The maximum Gasteiger partial charge on any atom is 0.472 e. The molecule has 0 saturated carbocycles. The van der Waals surface area contributed by atoms with Gasteiger partial charge in [0.05, 0.1) is 19.3 Å². The monoisotopic (exact) mass is 804 g/mol. The van der Waals surface area contributed by atoms with Crippen LogP contribution in [0.25, 0.3) is 0 Å². The maximum absolute atomic E-state index is 12.6. The van der Waals surface area contributed by atoms with Crippen molar-refractivity contribution >= 4 is 19.8 Å². The molecule has 0 radical (unpaired) electrons. The van der Waals surface area contributed by atoms with Crippen LogP contribution in [0.2, 0.25) is 0 Å². The number of aliphatic hydroxyl groups excluding tert-OH is 1. The first kappa shape index (κ1) is 52.9. The van der Waals surface area contributed by atoms with E-state index in [1.807, 2.05) is 12.2 Å². The molecule has 0 fully saturated rings. The van der Waals surface area contributed by atoms with Crippen molar-refractivity contribution in [3.8, 4) is 0 Å². The standard InChI is InChI=1S/C45H74NO9P/c1-3-5-7-9-11-13-15-17-18-19-20-22-24-26-28-30-32-36-45(49)55-43(41-54-56(50,51)53-39-38-46)40-52-44(48)37-33-35-42(47)34-31-29-27-25-23-21-16-14-12-10-8-6-4-2/h6,8,11-14,17-18,20-23,27,29,31,34,42-43,47H,3-5,7,9-10,15-16,19,24-26,28,30,32-33,35-41,46H2,1-2H3,(H,50,51)/b8-6-,13-11-,14-12-,18-17-,22-20-,23-21-,29-27-,34-31+/t42?,43-/m1/s1. The fourth-order valence-corrected chi connectivity index (χ4v) is 5.73. The van der Waals surface area contributed by atoms with Gasteiger partial charge in [-0.2, -0.15) is 0 Å². The second-order valence-corrected chi connectivity index (χ2v) is 14.8. The molecule has 11 heteroatoms. The molecular weight excluding hydrogens is 729 g/mol. The highest BCUT2D eigenvalue weighted by molar-refractivity contribution is 7.47. The molecule has 0 aliphatic heterocycles. The summed E-state index contributed by atoms with van der Waals surface area (Å²) in [4.78, 5) is 34.8. The van der Waals surface area contributed by atoms with E-state index < -0.39 is 38.6 Å². The number of unbranched alkanes of at least 4 members (excludes halogenated alkanes) is 7. The van der Waals surface area contributed by atoms with Crippen molar-refractivity contribution in [3.63, 3.8) is 0 Å². The molecule has 0 aromatic rings. The van der Waals surface area contributed by atoms with Gasteiger partial charge in [0.1, 0.15) is 6.61 Å². The molecule has 4 N–H and O–H groups in total. The van der Waals surface area contributed by atoms with E-state index in [4.69, 9.17) is 24.3 Å². The van der Waals surface area contributed by atoms with E-state index in [0.717, 1.165) is 70.6 Å². The Hall–Kier alpha value is -3.11. The zero-order valence-electron chi connectivity index (χ0n) is 34.4. The molecule has 0 aromatic heterocycles. The Labute approximate surface area is 339 Å². The van der Waals surface area contributed by atoms with Gasteiger partial charge >= 0.3 is 19.8 Å². The van der Waals surface area contributed by atoms with E-state index in [-0.39, 0.29) is 32.6 Å². The molecule has 0 bridgehead atoms. The Balaban J connectivity index is 4.44. The Kier molecular flexibility index (Phi) is 37.9. The van der Waals surface area contributed by atoms with Crippen LogP contribution in [-0.4, -0.2) is 60.5 Å². The molecule has 2 unspecified atom stereocenters. The molecule has 0 aromatic carbocycles. The van der Waals surface area contributed by atoms with E-state index in [1.54, 1.807) is 12.2 Å². The largest absolute Gasteiger partial charge is 0.472 e. The van der Waals surface area contributed by atoms with Gasteiger partial charge < -0.3 is 25.2 Å². The van der Waals surface area contributed by atoms with Crippen molar-refractivity contribution in [2.45, 2.75) is 148 Å². The average Bonchev–Trinajstić information content (AvgIpc) is 3.18. The number of aliphatic hydroxyl groups is 1. The van der Waals surface area contributed by atoms with Gasteiger partial charge in [0.25, 0.3) is 0 Å². The van der Waals surface area contributed by atoms with Gasteiger partial charge in [0.15, 0.2) is 6.10 Å². The number of nitrogens with two attached hydrogens (primary N) is 1. The van der Waals surface area contributed by atoms with Crippen LogP contribution in [0.3, 0.4) is 0 Å². The molecule has 318 valence electrons. The third-order valence-electron chi connectivity index (χ3n) is 8.06. The summed E-state index contributed by atoms with van der Waals surface area (Å²) in [5.74, 6) is -1.07. The van der Waals surface area contributed by atoms with Gasteiger partial charge in [-0.15, -0.1) is 0 Å². The SMILES string of the molecule is CC/C=C\C/C=C\C/C=C\C/C=C\C=C\C(O)CCCC(=O)OC[C@H](COP(=O)(O)OCCN)OC(=O)CCCCCC/C=C\C/C=C\C/C=C\CCCCC. The summed E-state index contributed by atoms with van der Waals surface area (Å²) in [6, 6.07) is 0. The highest BCUT2D eigenvalue weighted by Crippen LogP contribution is 2.43. The lowest BCUT2D eigenvalue weighted by molar-refractivity contribution is -0.161. The number of hydrogen-bond donors (Lipinski definition) is 3. The molecule has 10 nitrogen and oxygen atoms in total. The van der Waals surface area contributed by atoms with E-state index in [9.17, 15) is 24.2 Å². The maximum atomic E-state index is 12.6. The zero-order chi connectivity index (χ0) is 41.2. The highest BCUT2D eigenvalue weighted by atomic mass is 31.2. The Morgan fingerprint density at radius 3 is 1.80 bits per heavy atom. The Morgan fingerprint density at radius 2 is 1.20 bits per heavy atom. The quantitative estimate of drug-likeness (QED) is 0.0182. The third-order valence-corrected chi connectivity index (χ3v) is 9.04. The summed E-state index contributed by atoms with van der Waals surface area (Å²) in [6.07, 6.45) is 47.5. The summed E-state index contributed by atoms with van der Waals surface area (Å²) < 4.78 is 32.6. The van der Waals surface area contributed by atoms with Crippen LogP contribution in [-0.2, 0) is 32.7 Å². The molecule has 3 atom stereocenters. The fourth-order valence-electron chi connectivity index (χ4n) is 4.96. The summed E-state index contributed by atoms with van der Waals surface area (Å²) >= 11 is 0. The number of ether oxygens (including phenoxy) is 2. The van der Waals surface area contributed by atoms with E-state index in [2.05, 4.69) is 86.8 Å². The van der Waals surface area contributed by atoms with Gasteiger partial charge in [0.2, 0.25) is 0 Å². The van der Waals surface area contributed by atoms with Crippen LogP contribution in [0.1, 0.15) is 136 Å². The first-order chi connectivity index (χ1) is 27.2. The minimum Gasteiger partial charge on any atom is -0.462 e. The number of carbonyl (C=O) groups is 2. The summed E-state index contributed by atoms with van der Waals surface area (Å²) in [6.45, 7) is 3.30. The van der Waals surface area contributed by atoms with Crippen LogP contribution in [0.15, 0.2) is 97.2 Å². The van der Waals surface area contributed by atoms with E-state index in [0.29, 0.717) is 19.3 Å². The normalized spacial score (nSPS) is 14.9. The number of phosphoric acid groups is 1. The molecular formula is C45H74NO9P. The number of hydrogen-bond acceptors (Lipinski definition) is 9. The van der Waals surface area contributed by atoms with Crippen molar-refractivity contribution in [1.82, 2.24) is 0 Å². The fraction of sp³-hybridized carbons (Fsp3) is 0.600. The second-order valence-electron chi connectivity index (χ2n) is 13.3. The zero-order valence-corrected chi connectivity index (χ0v) is 35.3. The van der Waals surface area contributed by atoms with Gasteiger partial charge in [-0.05, 0) is 83.5 Å². The van der Waals surface area contributed by atoms with Gasteiger partial charge in [-0.25, -0.2) is 4.57 Å². The van der Waals surface area contributed by atoms with Crippen molar-refractivity contribution in [3.05, 3.63) is 97.2 Å². The van der Waals surface area contributed by atoms with Gasteiger partial charge in [0, 0.05) is 19.4 Å². The molecule has 0 rings (SSSR count). The molecule has 0 heterocycles. The van der Waals surface area contributed by atoms with Crippen LogP contribution in [0, 0.1) is 0 Å². The lowest BCUT2D eigenvalue weighted by Gasteiger charge is -2.20. The predicted molar refractivity (Wildman–Crippen MR) is 230 cm³/mol. The van der Waals surface area contributed by atoms with Crippen LogP contribution < -0.4 is 5.73 Å². The molecule has 0 amide bonds. The lowest BCUT2D eigenvalue weighted by Crippen LogP contribution is -2.29. The first-order valence-corrected chi connectivity index (χ1v) is 22.3. The van der Waals surface area contributed by atoms with E-state index >= 15 is 0 Å². The summed E-state index contributed by atoms with van der Waals surface area (Å²) in [5.41, 5.74) is 5.33.